The number of carboxylic acids is 1. The molecule has 0 saturated carbocycles. The Morgan fingerprint density at radius 3 is 2.55 bits per heavy atom. The second-order valence-corrected chi connectivity index (χ2v) is 7.38. The molecule has 3 rings (SSSR count). The van der Waals surface area contributed by atoms with Gasteiger partial charge in [-0.05, 0) is 30.5 Å². The first kappa shape index (κ1) is 20.5. The minimum Gasteiger partial charge on any atom is -0.489 e. The highest BCUT2D eigenvalue weighted by Gasteiger charge is 2.15. The van der Waals surface area contributed by atoms with Gasteiger partial charge in [-0.25, -0.2) is 0 Å². The molecule has 0 spiro atoms. The van der Waals surface area contributed by atoms with Crippen LogP contribution in [0, 0.1) is 11.8 Å². The number of aliphatic carboxylic acids is 1. The Labute approximate surface area is 171 Å². The maximum Gasteiger partial charge on any atom is 0.304 e. The monoisotopic (exact) mass is 390 g/mol. The van der Waals surface area contributed by atoms with Gasteiger partial charge in [0, 0.05) is 18.0 Å². The van der Waals surface area contributed by atoms with Crippen molar-refractivity contribution in [2.45, 2.75) is 45.6 Å². The maximum absolute atomic E-state index is 11.1. The van der Waals surface area contributed by atoms with E-state index in [1.54, 1.807) is 6.92 Å². The third kappa shape index (κ3) is 4.60. The summed E-state index contributed by atoms with van der Waals surface area (Å²) in [5.74, 6) is 5.69. The van der Waals surface area contributed by atoms with E-state index in [9.17, 15) is 4.79 Å². The zero-order valence-electron chi connectivity index (χ0n) is 17.3. The molecule has 0 aliphatic rings. The van der Waals surface area contributed by atoms with Crippen LogP contribution < -0.4 is 4.74 Å². The number of nitrogens with zero attached hydrogens (tertiary/aromatic N) is 2. The zero-order chi connectivity index (χ0) is 21.0. The summed E-state index contributed by atoms with van der Waals surface area (Å²) in [6.07, 6.45) is -0.0122. The molecule has 1 aromatic heterocycles. The number of hydrogen-bond acceptors (Lipinski definition) is 3. The van der Waals surface area contributed by atoms with Crippen molar-refractivity contribution in [1.82, 2.24) is 9.78 Å². The van der Waals surface area contributed by atoms with Gasteiger partial charge in [0.05, 0.1) is 23.5 Å². The Balaban J connectivity index is 1.78. The van der Waals surface area contributed by atoms with Crippen LogP contribution in [0.25, 0.3) is 10.9 Å². The molecule has 1 atom stereocenters. The number of aryl methyl sites for hydroxylation is 1. The van der Waals surface area contributed by atoms with Crippen molar-refractivity contribution in [3.63, 3.8) is 0 Å². The van der Waals surface area contributed by atoms with Crippen molar-refractivity contribution in [1.29, 1.82) is 0 Å². The highest BCUT2D eigenvalue weighted by Crippen LogP contribution is 2.28. The molecule has 5 heteroatoms. The molecule has 0 fully saturated rings. The molecule has 2 aromatic carbocycles. The lowest BCUT2D eigenvalue weighted by atomic mass is 9.96. The predicted octanol–water partition coefficient (Wildman–Crippen LogP) is 4.86. The number of para-hydroxylation sites is 1. The molecule has 0 unspecified atom stereocenters. The summed E-state index contributed by atoms with van der Waals surface area (Å²) in [6.45, 7) is 6.44. The van der Waals surface area contributed by atoms with Gasteiger partial charge in [-0.15, -0.1) is 5.92 Å². The average molecular weight is 390 g/mol. The second-order valence-electron chi connectivity index (χ2n) is 7.38. The summed E-state index contributed by atoms with van der Waals surface area (Å²) in [6, 6.07) is 13.7. The van der Waals surface area contributed by atoms with Gasteiger partial charge in [-0.3, -0.25) is 9.48 Å². The van der Waals surface area contributed by atoms with Crippen LogP contribution in [0.1, 0.15) is 55.8 Å². The molecule has 0 amide bonds. The molecule has 1 N–H and O–H groups in total. The number of aromatic nitrogens is 2. The third-order valence-electron chi connectivity index (χ3n) is 4.90. The summed E-state index contributed by atoms with van der Waals surface area (Å²) in [7, 11) is 1.96. The largest absolute Gasteiger partial charge is 0.489 e. The van der Waals surface area contributed by atoms with E-state index in [0.717, 1.165) is 33.5 Å². The van der Waals surface area contributed by atoms with Gasteiger partial charge in [0.1, 0.15) is 12.4 Å². The minimum atomic E-state index is -0.858. The van der Waals surface area contributed by atoms with Crippen LogP contribution in [-0.4, -0.2) is 20.9 Å². The number of carbonyl (C=O) groups is 1. The highest BCUT2D eigenvalue weighted by molar-refractivity contribution is 5.85. The molecule has 0 saturated heterocycles. The van der Waals surface area contributed by atoms with Crippen LogP contribution in [0.4, 0.5) is 0 Å². The highest BCUT2D eigenvalue weighted by atomic mass is 16.5. The van der Waals surface area contributed by atoms with E-state index in [2.05, 4.69) is 42.9 Å². The van der Waals surface area contributed by atoms with E-state index in [0.29, 0.717) is 12.5 Å². The van der Waals surface area contributed by atoms with Crippen molar-refractivity contribution < 1.29 is 14.6 Å². The first-order chi connectivity index (χ1) is 13.9. The Morgan fingerprint density at radius 1 is 1.21 bits per heavy atom. The molecular formula is C24H26N2O3. The molecule has 0 aliphatic carbocycles. The topological polar surface area (TPSA) is 64.3 Å². The number of carboxylic acid groups (broad SMARTS) is 1. The Kier molecular flexibility index (Phi) is 6.23. The van der Waals surface area contributed by atoms with E-state index in [4.69, 9.17) is 9.84 Å². The lowest BCUT2D eigenvalue weighted by Gasteiger charge is -2.11. The van der Waals surface area contributed by atoms with Gasteiger partial charge < -0.3 is 9.84 Å². The van der Waals surface area contributed by atoms with Crippen molar-refractivity contribution in [2.24, 2.45) is 7.05 Å². The maximum atomic E-state index is 11.1. The standard InChI is InChI=1S/C24H26N2O3/c1-5-7-18(14-22(27)28)17-10-12-20(13-11-17)29-15-19-8-6-9-21-23(16(2)3)25-26(4)24(19)21/h6,8-13,16,18H,14-15H2,1-4H3,(H,27,28)/t18-/m0/s1. The van der Waals surface area contributed by atoms with E-state index >= 15 is 0 Å². The van der Waals surface area contributed by atoms with Gasteiger partial charge in [0.15, 0.2) is 0 Å². The fourth-order valence-electron chi connectivity index (χ4n) is 3.55. The third-order valence-corrected chi connectivity index (χ3v) is 4.90. The van der Waals surface area contributed by atoms with Crippen LogP contribution in [0.15, 0.2) is 42.5 Å². The summed E-state index contributed by atoms with van der Waals surface area (Å²) >= 11 is 0. The number of fused-ring (bicyclic) bond motifs is 1. The van der Waals surface area contributed by atoms with E-state index in [1.807, 2.05) is 42.1 Å². The number of rotatable bonds is 7. The van der Waals surface area contributed by atoms with E-state index < -0.39 is 5.97 Å². The van der Waals surface area contributed by atoms with Crippen molar-refractivity contribution in [2.75, 3.05) is 0 Å². The fraction of sp³-hybridized carbons (Fsp3) is 0.333. The first-order valence-corrected chi connectivity index (χ1v) is 9.72. The van der Waals surface area contributed by atoms with Crippen molar-refractivity contribution in [3.8, 4) is 17.6 Å². The molecule has 5 nitrogen and oxygen atoms in total. The van der Waals surface area contributed by atoms with Crippen LogP contribution in [0.3, 0.4) is 0 Å². The fourth-order valence-corrected chi connectivity index (χ4v) is 3.55. The number of benzene rings is 2. The minimum absolute atomic E-state index is 0.0122. The van der Waals surface area contributed by atoms with E-state index in [1.165, 1.54) is 0 Å². The lowest BCUT2D eigenvalue weighted by molar-refractivity contribution is -0.137. The lowest BCUT2D eigenvalue weighted by Crippen LogP contribution is -2.05. The van der Waals surface area contributed by atoms with Crippen LogP contribution in [-0.2, 0) is 18.4 Å². The van der Waals surface area contributed by atoms with Gasteiger partial charge in [0.2, 0.25) is 0 Å². The Hall–Kier alpha value is -3.26. The Bertz CT molecular complexity index is 1070. The van der Waals surface area contributed by atoms with Gasteiger partial charge in [-0.2, -0.15) is 5.10 Å². The molecule has 29 heavy (non-hydrogen) atoms. The molecule has 3 aromatic rings. The quantitative estimate of drug-likeness (QED) is 0.585. The molecule has 150 valence electrons. The summed E-state index contributed by atoms with van der Waals surface area (Å²) in [5.41, 5.74) is 4.14. The molecule has 0 aliphatic heterocycles. The summed E-state index contributed by atoms with van der Waals surface area (Å²) < 4.78 is 7.93. The number of ether oxygens (including phenoxy) is 1. The van der Waals surface area contributed by atoms with Crippen LogP contribution in [0.5, 0.6) is 5.75 Å². The molecule has 0 radical (unpaired) electrons. The van der Waals surface area contributed by atoms with Crippen molar-refractivity contribution >= 4 is 16.9 Å². The summed E-state index contributed by atoms with van der Waals surface area (Å²) in [5, 5.41) is 14.9. The van der Waals surface area contributed by atoms with Crippen molar-refractivity contribution in [3.05, 3.63) is 59.3 Å². The first-order valence-electron chi connectivity index (χ1n) is 9.72. The van der Waals surface area contributed by atoms with Gasteiger partial charge >= 0.3 is 5.97 Å². The Morgan fingerprint density at radius 2 is 1.93 bits per heavy atom. The molecular weight excluding hydrogens is 364 g/mol. The number of hydrogen-bond donors (Lipinski definition) is 1. The smallest absolute Gasteiger partial charge is 0.304 e. The predicted molar refractivity (Wildman–Crippen MR) is 114 cm³/mol. The van der Waals surface area contributed by atoms with Crippen LogP contribution >= 0.6 is 0 Å². The average Bonchev–Trinajstić information content (AvgIpc) is 3.04. The second kappa shape index (κ2) is 8.83. The summed E-state index contributed by atoms with van der Waals surface area (Å²) in [4.78, 5) is 11.1. The molecule has 0 bridgehead atoms. The molecule has 1 heterocycles. The SMILES string of the molecule is CC#C[C@@H](CC(=O)O)c1ccc(OCc2cccc3c(C(C)C)nn(C)c23)cc1. The van der Waals surface area contributed by atoms with Gasteiger partial charge in [-0.1, -0.05) is 50.1 Å². The van der Waals surface area contributed by atoms with Gasteiger partial charge in [0.25, 0.3) is 0 Å². The van der Waals surface area contributed by atoms with E-state index in [-0.39, 0.29) is 12.3 Å². The zero-order valence-corrected chi connectivity index (χ0v) is 17.3. The van der Waals surface area contributed by atoms with Crippen LogP contribution in [0.2, 0.25) is 0 Å². The normalized spacial score (nSPS) is 11.9.